The zero-order chi connectivity index (χ0) is 29.1. The molecule has 1 radical (unpaired) electrons. The van der Waals surface area contributed by atoms with Crippen LogP contribution in [0.25, 0.3) is 44.5 Å². The Balaban J connectivity index is 0.000000216. The van der Waals surface area contributed by atoms with E-state index in [1.54, 1.807) is 0 Å². The SMILES string of the molecule is CC(C)c1ccc(-c2[c-]ccc3c2oc2cccc([Si](C)(C)C)c23)nc1.CC(C)c1ccc(-c2[c-]cccc2)nc1.[Ir]. The molecule has 0 spiro atoms. The predicted molar refractivity (Wildman–Crippen MR) is 175 cm³/mol. The first-order valence-corrected chi connectivity index (χ1v) is 17.9. The van der Waals surface area contributed by atoms with Gasteiger partial charge in [-0.25, -0.2) is 0 Å². The van der Waals surface area contributed by atoms with Crippen molar-refractivity contribution in [3.8, 4) is 22.5 Å². The first kappa shape index (κ1) is 31.6. The Labute approximate surface area is 264 Å². The number of hydrogen-bond acceptors (Lipinski definition) is 3. The minimum Gasteiger partial charge on any atom is -0.501 e. The molecule has 3 nitrogen and oxygen atoms in total. The molecule has 5 heteroatoms. The molecule has 0 saturated carbocycles. The number of aromatic nitrogens is 2. The minimum atomic E-state index is -1.48. The van der Waals surface area contributed by atoms with Crippen molar-refractivity contribution in [2.24, 2.45) is 0 Å². The van der Waals surface area contributed by atoms with E-state index in [9.17, 15) is 0 Å². The summed E-state index contributed by atoms with van der Waals surface area (Å²) in [5, 5.41) is 3.87. The molecule has 0 amide bonds. The van der Waals surface area contributed by atoms with E-state index in [1.807, 2.05) is 42.7 Å². The first-order chi connectivity index (χ1) is 19.6. The molecule has 0 N–H and O–H groups in total. The van der Waals surface area contributed by atoms with Crippen LogP contribution in [-0.4, -0.2) is 18.0 Å². The number of benzene rings is 3. The molecule has 0 saturated heterocycles. The molecule has 0 aliphatic carbocycles. The topological polar surface area (TPSA) is 38.9 Å². The van der Waals surface area contributed by atoms with E-state index in [1.165, 1.54) is 27.1 Å². The zero-order valence-electron chi connectivity index (χ0n) is 25.5. The smallest absolute Gasteiger partial charge is 0.120 e. The zero-order valence-corrected chi connectivity index (χ0v) is 28.8. The minimum absolute atomic E-state index is 0. The van der Waals surface area contributed by atoms with Gasteiger partial charge in [0.2, 0.25) is 0 Å². The van der Waals surface area contributed by atoms with E-state index in [0.29, 0.717) is 11.8 Å². The summed E-state index contributed by atoms with van der Waals surface area (Å²) < 4.78 is 6.30. The second-order valence-corrected chi connectivity index (χ2v) is 17.2. The predicted octanol–water partition coefficient (Wildman–Crippen LogP) is 9.79. The van der Waals surface area contributed by atoms with E-state index >= 15 is 0 Å². The fourth-order valence-corrected chi connectivity index (χ4v) is 6.56. The summed E-state index contributed by atoms with van der Waals surface area (Å²) in [7, 11) is -1.48. The Hall–Kier alpha value is -3.37. The number of pyridine rings is 2. The molecule has 217 valence electrons. The standard InChI is InChI=1S/C23H24NOSi.C14H14N.Ir/c1-15(2)16-12-13-19(24-14-16)17-8-6-9-18-22-20(25-23(17)18)10-7-11-21(22)26(3,4)5;1-11(2)13-8-9-14(15-10-13)12-6-4-3-5-7-12;/h6-7,9-15H,1-5H3;3-6,8-11H,1-2H3;/q2*-1;. The molecule has 0 fully saturated rings. The summed E-state index contributed by atoms with van der Waals surface area (Å²) in [6.45, 7) is 15.8. The molecular formula is C37H38IrN2OSi-2. The van der Waals surface area contributed by atoms with Crippen molar-refractivity contribution in [3.05, 3.63) is 115 Å². The molecule has 3 aromatic heterocycles. The Bertz CT molecular complexity index is 1750. The molecule has 0 bridgehead atoms. The van der Waals surface area contributed by atoms with Gasteiger partial charge in [-0.05, 0) is 40.4 Å². The van der Waals surface area contributed by atoms with Gasteiger partial charge in [-0.2, -0.15) is 0 Å². The summed E-state index contributed by atoms with van der Waals surface area (Å²) in [6.07, 6.45) is 3.91. The second kappa shape index (κ2) is 13.3. The van der Waals surface area contributed by atoms with Gasteiger partial charge in [0.25, 0.3) is 0 Å². The molecule has 3 heterocycles. The van der Waals surface area contributed by atoms with Crippen molar-refractivity contribution in [2.45, 2.75) is 59.2 Å². The van der Waals surface area contributed by atoms with Gasteiger partial charge in [0.15, 0.2) is 0 Å². The van der Waals surface area contributed by atoms with Crippen LogP contribution in [0.4, 0.5) is 0 Å². The average Bonchev–Trinajstić information content (AvgIpc) is 3.36. The maximum absolute atomic E-state index is 6.30. The normalized spacial score (nSPS) is 11.5. The molecule has 0 aliphatic rings. The number of fused-ring (bicyclic) bond motifs is 3. The van der Waals surface area contributed by atoms with Crippen molar-refractivity contribution >= 4 is 35.2 Å². The molecule has 0 atom stereocenters. The van der Waals surface area contributed by atoms with Gasteiger partial charge in [-0.15, -0.1) is 54.1 Å². The summed E-state index contributed by atoms with van der Waals surface area (Å²) >= 11 is 0. The molecule has 0 unspecified atom stereocenters. The largest absolute Gasteiger partial charge is 0.501 e. The molecule has 6 aromatic rings. The molecular weight excluding hydrogens is 709 g/mol. The summed E-state index contributed by atoms with van der Waals surface area (Å²) in [4.78, 5) is 9.12. The van der Waals surface area contributed by atoms with Crippen molar-refractivity contribution in [3.63, 3.8) is 0 Å². The summed E-state index contributed by atoms with van der Waals surface area (Å²) in [5.41, 5.74) is 8.25. The molecule has 6 rings (SSSR count). The van der Waals surface area contributed by atoms with Crippen LogP contribution in [0.15, 0.2) is 95.7 Å². The molecule has 3 aromatic carbocycles. The molecule has 42 heavy (non-hydrogen) atoms. The third kappa shape index (κ3) is 6.81. The maximum Gasteiger partial charge on any atom is 0.120 e. The van der Waals surface area contributed by atoms with E-state index in [2.05, 4.69) is 118 Å². The van der Waals surface area contributed by atoms with Crippen molar-refractivity contribution < 1.29 is 24.5 Å². The monoisotopic (exact) mass is 747 g/mol. The summed E-state index contributed by atoms with van der Waals surface area (Å²) in [5.74, 6) is 1.01. The van der Waals surface area contributed by atoms with E-state index < -0.39 is 8.07 Å². The van der Waals surface area contributed by atoms with Gasteiger partial charge in [-0.3, -0.25) is 0 Å². The van der Waals surface area contributed by atoms with Gasteiger partial charge in [-0.1, -0.05) is 99.9 Å². The van der Waals surface area contributed by atoms with Crippen LogP contribution in [0.1, 0.15) is 50.7 Å². The number of nitrogens with zero attached hydrogens (tertiary/aromatic N) is 2. The Kier molecular flexibility index (Phi) is 9.99. The van der Waals surface area contributed by atoms with Gasteiger partial charge in [0.1, 0.15) is 5.58 Å². The molecule has 0 aliphatic heterocycles. The summed E-state index contributed by atoms with van der Waals surface area (Å²) in [6, 6.07) is 33.4. The fourth-order valence-electron chi connectivity index (χ4n) is 4.96. The van der Waals surface area contributed by atoms with Crippen LogP contribution in [-0.2, 0) is 20.1 Å². The van der Waals surface area contributed by atoms with Crippen LogP contribution >= 0.6 is 0 Å². The number of rotatable bonds is 5. The maximum atomic E-state index is 6.30. The van der Waals surface area contributed by atoms with Crippen molar-refractivity contribution in [1.82, 2.24) is 9.97 Å². The Morgan fingerprint density at radius 1 is 0.690 bits per heavy atom. The van der Waals surface area contributed by atoms with Gasteiger partial charge < -0.3 is 14.4 Å². The van der Waals surface area contributed by atoms with Crippen LogP contribution in [0, 0.1) is 12.1 Å². The second-order valence-electron chi connectivity index (χ2n) is 12.2. The van der Waals surface area contributed by atoms with Crippen molar-refractivity contribution in [2.75, 3.05) is 0 Å². The number of hydrogen-bond donors (Lipinski definition) is 0. The fraction of sp³-hybridized carbons (Fsp3) is 0.243. The van der Waals surface area contributed by atoms with Gasteiger partial charge in [0.05, 0.1) is 13.7 Å². The average molecular weight is 747 g/mol. The van der Waals surface area contributed by atoms with Crippen LogP contribution in [0.5, 0.6) is 0 Å². The van der Waals surface area contributed by atoms with Crippen LogP contribution in [0.3, 0.4) is 0 Å². The Morgan fingerprint density at radius 3 is 1.90 bits per heavy atom. The van der Waals surface area contributed by atoms with Gasteiger partial charge >= 0.3 is 0 Å². The van der Waals surface area contributed by atoms with E-state index in [-0.39, 0.29) is 20.1 Å². The first-order valence-electron chi connectivity index (χ1n) is 14.4. The Morgan fingerprint density at radius 2 is 1.36 bits per heavy atom. The quantitative estimate of drug-likeness (QED) is 0.130. The third-order valence-corrected chi connectivity index (χ3v) is 9.44. The van der Waals surface area contributed by atoms with E-state index in [0.717, 1.165) is 33.7 Å². The van der Waals surface area contributed by atoms with E-state index in [4.69, 9.17) is 4.42 Å². The number of furan rings is 1. The van der Waals surface area contributed by atoms with Gasteiger partial charge in [0, 0.05) is 37.9 Å². The van der Waals surface area contributed by atoms with Crippen LogP contribution in [0.2, 0.25) is 19.6 Å². The van der Waals surface area contributed by atoms with Crippen molar-refractivity contribution in [1.29, 1.82) is 0 Å². The third-order valence-electron chi connectivity index (χ3n) is 7.41. The van der Waals surface area contributed by atoms with Crippen LogP contribution < -0.4 is 5.19 Å².